The zero-order valence-corrected chi connectivity index (χ0v) is 27.8. The number of H-pyrrole nitrogens is 2. The van der Waals surface area contributed by atoms with Gasteiger partial charge in [-0.3, -0.25) is 9.59 Å². The molecule has 9 nitrogen and oxygen atoms in total. The zero-order valence-electron chi connectivity index (χ0n) is 27.4. The van der Waals surface area contributed by atoms with Crippen molar-refractivity contribution in [3.63, 3.8) is 0 Å². The number of carboxylic acids is 1. The van der Waals surface area contributed by atoms with Gasteiger partial charge in [-0.05, 0) is 70.7 Å². The molecular weight excluding hydrogens is 581 g/mol. The van der Waals surface area contributed by atoms with Crippen LogP contribution in [0.1, 0.15) is 103 Å². The number of Topliss-reactive ketones (excluding diaryl/α,β-unsaturated/α-hetero) is 1. The number of hydrogen-bond donors (Lipinski definition) is 0. The van der Waals surface area contributed by atoms with Gasteiger partial charge >= 0.3 is 30.4 Å². The van der Waals surface area contributed by atoms with Crippen LogP contribution in [-0.2, 0) is 14.3 Å². The van der Waals surface area contributed by atoms with E-state index < -0.39 is 23.6 Å². The van der Waals surface area contributed by atoms with Crippen LogP contribution in [0.2, 0.25) is 0 Å². The van der Waals surface area contributed by atoms with Gasteiger partial charge < -0.3 is 24.6 Å². The Kier molecular flexibility index (Phi) is 8.50. The van der Waals surface area contributed by atoms with Crippen LogP contribution >= 0.6 is 0 Å². The maximum atomic E-state index is 14.0. The summed E-state index contributed by atoms with van der Waals surface area (Å²) < 4.78 is 5.11. The number of aliphatic carboxylic acids is 1. The molecule has 0 aromatic carbocycles. The van der Waals surface area contributed by atoms with E-state index in [2.05, 4.69) is 30.4 Å². The fourth-order valence-corrected chi connectivity index (χ4v) is 6.71. The van der Waals surface area contributed by atoms with Gasteiger partial charge in [0.1, 0.15) is 0 Å². The summed E-state index contributed by atoms with van der Waals surface area (Å²) in [6, 6.07) is 5.88. The van der Waals surface area contributed by atoms with Crippen molar-refractivity contribution in [1.29, 1.82) is 0 Å². The Morgan fingerprint density at radius 1 is 0.978 bits per heavy atom. The first-order valence-electron chi connectivity index (χ1n) is 14.6. The van der Waals surface area contributed by atoms with Gasteiger partial charge in [0.25, 0.3) is 0 Å². The quantitative estimate of drug-likeness (QED) is 0.234. The van der Waals surface area contributed by atoms with E-state index in [9.17, 15) is 19.5 Å². The van der Waals surface area contributed by atoms with Crippen molar-refractivity contribution in [2.75, 3.05) is 7.11 Å². The third-order valence-corrected chi connectivity index (χ3v) is 9.14. The molecule has 3 aromatic heterocycles. The molecule has 0 radical (unpaired) electrons. The number of carboxylic acid groups (broad SMARTS) is 1. The average Bonchev–Trinajstić information content (AvgIpc) is 3.72. The predicted molar refractivity (Wildman–Crippen MR) is 171 cm³/mol. The van der Waals surface area contributed by atoms with E-state index in [-0.39, 0.29) is 37.3 Å². The number of nitrogens with zero attached hydrogens (tertiary/aromatic N) is 2. The number of carbonyl (C=O) groups is 3. The number of aromatic amines is 2. The number of methoxy groups -OCH3 is 1. The van der Waals surface area contributed by atoms with E-state index in [0.717, 1.165) is 56.7 Å². The van der Waals surface area contributed by atoms with Gasteiger partial charge in [-0.2, -0.15) is 0 Å². The van der Waals surface area contributed by atoms with Crippen molar-refractivity contribution in [1.82, 2.24) is 9.97 Å². The van der Waals surface area contributed by atoms with Crippen molar-refractivity contribution in [2.24, 2.45) is 0 Å². The van der Waals surface area contributed by atoms with Crippen LogP contribution in [0.4, 0.5) is 0 Å². The third-order valence-electron chi connectivity index (χ3n) is 9.14. The summed E-state index contributed by atoms with van der Waals surface area (Å²) in [5.41, 5.74) is 12.4. The van der Waals surface area contributed by atoms with E-state index in [0.29, 0.717) is 44.7 Å². The normalized spacial score (nSPS) is 15.4. The number of allylic oxidation sites excluding steroid dienone is 4. The molecule has 6 rings (SSSR count). The molecular formula is C35H34MgN4O5+2. The topological polar surface area (TPSA) is 140 Å². The number of rotatable bonds is 6. The summed E-state index contributed by atoms with van der Waals surface area (Å²) in [6.45, 7) is 13.9. The van der Waals surface area contributed by atoms with Crippen molar-refractivity contribution >= 4 is 91.2 Å². The molecule has 0 fully saturated rings. The zero-order chi connectivity index (χ0) is 31.6. The Hall–Kier alpha value is -4.28. The second-order valence-electron chi connectivity index (χ2n) is 11.4. The van der Waals surface area contributed by atoms with E-state index >= 15 is 0 Å². The fraction of sp³-hybridized carbons (Fsp3) is 0.286. The minimum Gasteiger partial charge on any atom is -0.657 e. The molecule has 224 valence electrons. The predicted octanol–water partition coefficient (Wildman–Crippen LogP) is 3.66. The van der Waals surface area contributed by atoms with Crippen LogP contribution in [0, 0.1) is 13.8 Å². The summed E-state index contributed by atoms with van der Waals surface area (Å²) >= 11 is 0. The largest absolute Gasteiger partial charge is 2.00 e. The number of aromatic nitrogens is 4. The van der Waals surface area contributed by atoms with Crippen LogP contribution < -0.4 is 25.0 Å². The van der Waals surface area contributed by atoms with Gasteiger partial charge in [-0.15, -0.1) is 22.1 Å². The number of aryl methyl sites for hydroxylation is 2. The standard InChI is InChI=1S/C35H34N4O5.Mg/c1-8-19-15(3)22-12-24-17(5)21(10-11-28(40)41)32(38-24)30-31(35(43)44-7)34(42)29-18(6)25(39-33(29)30)14-27-20(9-2)16(4)23(37-27)13-26(19)36-22;/h8,12-14,31H,1,9-11H2,2-7H3,(H3,36,37,38,39,40,41,42);/q;+2. The van der Waals surface area contributed by atoms with Gasteiger partial charge in [0.15, 0.2) is 11.7 Å². The number of ether oxygens (including phenoxy) is 1. The second-order valence-corrected chi connectivity index (χ2v) is 11.4. The first-order valence-corrected chi connectivity index (χ1v) is 14.6. The Morgan fingerprint density at radius 2 is 1.60 bits per heavy atom. The number of hydrogen-bond acceptors (Lipinski definition) is 5. The molecule has 3 aliphatic rings. The Bertz CT molecular complexity index is 2090. The van der Waals surface area contributed by atoms with Crippen molar-refractivity contribution < 1.29 is 35.6 Å². The molecule has 8 bridgehead atoms. The van der Waals surface area contributed by atoms with E-state index in [1.807, 2.05) is 39.0 Å². The van der Waals surface area contributed by atoms with Gasteiger partial charge in [-0.1, -0.05) is 30.7 Å². The number of carbonyl (C=O) groups excluding carboxylic acids is 3. The van der Waals surface area contributed by atoms with Crippen LogP contribution in [0.5, 0.6) is 0 Å². The maximum Gasteiger partial charge on any atom is 2.00 e. The molecule has 10 heteroatoms. The molecule has 2 N–H and O–H groups in total. The molecule has 1 atom stereocenters. The van der Waals surface area contributed by atoms with Crippen LogP contribution in [0.15, 0.2) is 24.8 Å². The summed E-state index contributed by atoms with van der Waals surface area (Å²) in [4.78, 5) is 55.6. The summed E-state index contributed by atoms with van der Waals surface area (Å²) in [5, 5.41) is 11.6. The van der Waals surface area contributed by atoms with Gasteiger partial charge in [0, 0.05) is 39.4 Å². The Morgan fingerprint density at radius 3 is 2.24 bits per heavy atom. The second kappa shape index (κ2) is 11.9. The first-order chi connectivity index (χ1) is 21.0. The Balaban J connectivity index is 0.00000240. The molecule has 0 saturated heterocycles. The molecule has 0 spiro atoms. The average molecular weight is 615 g/mol. The number of fused-ring (bicyclic) bond motifs is 8. The van der Waals surface area contributed by atoms with Crippen LogP contribution in [0.25, 0.3) is 50.4 Å². The number of ketones is 1. The molecule has 1 unspecified atom stereocenters. The maximum absolute atomic E-state index is 14.0. The first kappa shape index (κ1) is 32.1. The van der Waals surface area contributed by atoms with Crippen molar-refractivity contribution in [2.45, 2.75) is 59.8 Å². The minimum atomic E-state index is -1.24. The van der Waals surface area contributed by atoms with E-state index in [4.69, 9.17) is 14.7 Å². The van der Waals surface area contributed by atoms with Gasteiger partial charge in [-0.25, -0.2) is 9.97 Å². The third kappa shape index (κ3) is 4.96. The molecule has 2 aliphatic heterocycles. The molecule has 0 amide bonds. The van der Waals surface area contributed by atoms with Crippen molar-refractivity contribution in [3.05, 3.63) is 75.4 Å². The molecule has 3 aromatic rings. The smallest absolute Gasteiger partial charge is 0.657 e. The number of nitrogens with one attached hydrogen (secondary N) is 2. The Labute approximate surface area is 278 Å². The summed E-state index contributed by atoms with van der Waals surface area (Å²) in [6.07, 6.45) is 2.46. The van der Waals surface area contributed by atoms with E-state index in [1.165, 1.54) is 7.11 Å². The van der Waals surface area contributed by atoms with Gasteiger partial charge in [0.05, 0.1) is 7.11 Å². The minimum absolute atomic E-state index is 0. The van der Waals surface area contributed by atoms with Gasteiger partial charge in [0.2, 0.25) is 22.8 Å². The fourth-order valence-electron chi connectivity index (χ4n) is 6.71. The summed E-state index contributed by atoms with van der Waals surface area (Å²) in [7, 11) is 1.25. The summed E-state index contributed by atoms with van der Waals surface area (Å²) in [5.74, 6) is -3.53. The number of esters is 1. The van der Waals surface area contributed by atoms with Crippen LogP contribution in [-0.4, -0.2) is 47.9 Å². The SMILES string of the molecule is C=Cc1c(C)c2cc3[nH+]c(c4c5[n-]c(cc6[nH+]c(cc1[n-]2)C(C)=C6CC)c(C)c5C(=O)C4C(=O)OC)C(CCC(=O)[O-])=C3C.[H+].[Mg+2]. The molecule has 1 aliphatic carbocycles. The van der Waals surface area contributed by atoms with Crippen LogP contribution in [0.3, 0.4) is 0 Å². The monoisotopic (exact) mass is 614 g/mol. The van der Waals surface area contributed by atoms with E-state index in [1.54, 1.807) is 6.08 Å². The van der Waals surface area contributed by atoms with Crippen molar-refractivity contribution in [3.8, 4) is 0 Å². The molecule has 5 heterocycles. The molecule has 0 saturated carbocycles. The molecule has 45 heavy (non-hydrogen) atoms.